The molecular weight excluding hydrogens is 808 g/mol. The molecule has 1 amide bonds. The minimum Gasteiger partial charge on any atom is -0.456 e. The van der Waals surface area contributed by atoms with E-state index in [1.807, 2.05) is 33.3 Å². The predicted molar refractivity (Wildman–Crippen MR) is 268 cm³/mol. The molecule has 0 fully saturated rings. The van der Waals surface area contributed by atoms with E-state index < -0.39 is 20.0 Å². The van der Waals surface area contributed by atoms with Crippen LogP contribution in [0.25, 0.3) is 0 Å². The van der Waals surface area contributed by atoms with Crippen LogP contribution in [0.3, 0.4) is 0 Å². The van der Waals surface area contributed by atoms with Gasteiger partial charge < -0.3 is 19.4 Å². The van der Waals surface area contributed by atoms with E-state index in [2.05, 4.69) is 26.1 Å². The number of ether oxygens (including phenoxy) is 1. The molecule has 0 aliphatic heterocycles. The Kier molecular flexibility index (Phi) is 43.7. The quantitative estimate of drug-likeness (QED) is 0.0206. The lowest BCUT2D eigenvalue weighted by atomic mass is 10.0. The largest absolute Gasteiger partial charge is 0.472 e. The standard InChI is InChI=1S/C53H105N2O7P/c1-7-10-13-16-19-22-25-27-30-33-36-39-42-45-52(56)54-50(49-61-63(58,59)60-48-47-55(4,5)6)51(44-41-38-35-32-29-24-21-18-15-12-9-3)62-53(57)46-43-40-37-34-31-28-26-23-20-17-14-11-8-2/h41,44,50-51H,7-40,42-43,45-49H2,1-6H3,(H-,54,56,58,59)/p+1/b44-41+. The lowest BCUT2D eigenvalue weighted by Crippen LogP contribution is -2.47. The van der Waals surface area contributed by atoms with Crippen molar-refractivity contribution in [2.24, 2.45) is 0 Å². The molecule has 0 bridgehead atoms. The number of hydrogen-bond acceptors (Lipinski definition) is 6. The number of allylic oxidation sites excluding steroid dienone is 1. The Bertz CT molecular complexity index is 1100. The van der Waals surface area contributed by atoms with Crippen LogP contribution in [0.15, 0.2) is 12.2 Å². The number of rotatable bonds is 49. The van der Waals surface area contributed by atoms with E-state index in [1.165, 1.54) is 173 Å². The fourth-order valence-corrected chi connectivity index (χ4v) is 8.74. The summed E-state index contributed by atoms with van der Waals surface area (Å²) in [6.45, 7) is 7.02. The number of carbonyl (C=O) groups is 2. The molecule has 0 aromatic carbocycles. The Morgan fingerprint density at radius 2 is 0.905 bits per heavy atom. The zero-order valence-corrected chi connectivity index (χ0v) is 43.5. The molecule has 0 radical (unpaired) electrons. The van der Waals surface area contributed by atoms with Gasteiger partial charge in [-0.1, -0.05) is 232 Å². The van der Waals surface area contributed by atoms with Crippen molar-refractivity contribution in [2.45, 2.75) is 277 Å². The molecule has 0 heterocycles. The number of amides is 1. The minimum absolute atomic E-state index is 0.0452. The first-order chi connectivity index (χ1) is 30.4. The van der Waals surface area contributed by atoms with Crippen molar-refractivity contribution in [3.63, 3.8) is 0 Å². The molecular formula is C53H106N2O7P+. The topological polar surface area (TPSA) is 111 Å². The summed E-state index contributed by atoms with van der Waals surface area (Å²) in [5, 5.41) is 3.04. The van der Waals surface area contributed by atoms with Crippen LogP contribution in [0.1, 0.15) is 265 Å². The summed E-state index contributed by atoms with van der Waals surface area (Å²) >= 11 is 0. The summed E-state index contributed by atoms with van der Waals surface area (Å²) in [4.78, 5) is 37.4. The van der Waals surface area contributed by atoms with Crippen molar-refractivity contribution < 1.29 is 37.3 Å². The zero-order chi connectivity index (χ0) is 46.5. The number of carbonyl (C=O) groups excluding carboxylic acids is 2. The van der Waals surface area contributed by atoms with Gasteiger partial charge in [0.1, 0.15) is 19.3 Å². The van der Waals surface area contributed by atoms with Crippen LogP contribution in [0.2, 0.25) is 0 Å². The molecule has 0 rings (SSSR count). The van der Waals surface area contributed by atoms with Crippen LogP contribution in [0.5, 0.6) is 0 Å². The second kappa shape index (κ2) is 44.6. The molecule has 0 aromatic heterocycles. The number of nitrogens with one attached hydrogen (secondary N) is 1. The van der Waals surface area contributed by atoms with Gasteiger partial charge in [0.05, 0.1) is 33.8 Å². The average Bonchev–Trinajstić information content (AvgIpc) is 3.23. The highest BCUT2D eigenvalue weighted by atomic mass is 31.2. The van der Waals surface area contributed by atoms with E-state index >= 15 is 0 Å². The first-order valence-electron chi connectivity index (χ1n) is 27.0. The van der Waals surface area contributed by atoms with Gasteiger partial charge in [0.2, 0.25) is 5.91 Å². The highest BCUT2D eigenvalue weighted by Crippen LogP contribution is 2.43. The van der Waals surface area contributed by atoms with E-state index in [1.54, 1.807) is 0 Å². The molecule has 0 spiro atoms. The molecule has 10 heteroatoms. The summed E-state index contributed by atoms with van der Waals surface area (Å²) in [6, 6.07) is -0.836. The fraction of sp³-hybridized carbons (Fsp3) is 0.925. The van der Waals surface area contributed by atoms with Crippen LogP contribution in [0.4, 0.5) is 0 Å². The summed E-state index contributed by atoms with van der Waals surface area (Å²) in [5.41, 5.74) is 0. The van der Waals surface area contributed by atoms with Gasteiger partial charge in [-0.05, 0) is 31.8 Å². The Morgan fingerprint density at radius 1 is 0.540 bits per heavy atom. The molecule has 0 aromatic rings. The van der Waals surface area contributed by atoms with Crippen molar-refractivity contribution in [3.8, 4) is 0 Å². The van der Waals surface area contributed by atoms with E-state index in [0.29, 0.717) is 23.9 Å². The fourth-order valence-electron chi connectivity index (χ4n) is 8.00. The molecule has 0 saturated carbocycles. The first-order valence-corrected chi connectivity index (χ1v) is 28.5. The number of esters is 1. The van der Waals surface area contributed by atoms with Gasteiger partial charge >= 0.3 is 13.8 Å². The smallest absolute Gasteiger partial charge is 0.456 e. The highest BCUT2D eigenvalue weighted by Gasteiger charge is 2.30. The molecule has 374 valence electrons. The maximum absolute atomic E-state index is 13.4. The van der Waals surface area contributed by atoms with Gasteiger partial charge in [-0.3, -0.25) is 18.6 Å². The summed E-state index contributed by atoms with van der Waals surface area (Å²) in [6.07, 6.45) is 47.6. The first kappa shape index (κ1) is 61.8. The van der Waals surface area contributed by atoms with Gasteiger partial charge in [0.25, 0.3) is 0 Å². The molecule has 0 aliphatic rings. The molecule has 63 heavy (non-hydrogen) atoms. The second-order valence-corrected chi connectivity index (χ2v) is 21.2. The van der Waals surface area contributed by atoms with Gasteiger partial charge in [0, 0.05) is 12.8 Å². The summed E-state index contributed by atoms with van der Waals surface area (Å²) in [7, 11) is 1.51. The Hall–Kier alpha value is -1.25. The molecule has 9 nitrogen and oxygen atoms in total. The lowest BCUT2D eigenvalue weighted by molar-refractivity contribution is -0.870. The Morgan fingerprint density at radius 3 is 1.30 bits per heavy atom. The monoisotopic (exact) mass is 914 g/mol. The van der Waals surface area contributed by atoms with E-state index in [9.17, 15) is 19.0 Å². The van der Waals surface area contributed by atoms with E-state index in [4.69, 9.17) is 13.8 Å². The van der Waals surface area contributed by atoms with Crippen LogP contribution in [0, 0.1) is 0 Å². The minimum atomic E-state index is -4.43. The van der Waals surface area contributed by atoms with Gasteiger partial charge in [-0.2, -0.15) is 0 Å². The Labute approximate surface area is 391 Å². The van der Waals surface area contributed by atoms with E-state index in [-0.39, 0.29) is 25.1 Å². The maximum Gasteiger partial charge on any atom is 0.472 e. The van der Waals surface area contributed by atoms with Crippen molar-refractivity contribution >= 4 is 19.7 Å². The van der Waals surface area contributed by atoms with Crippen molar-refractivity contribution in [2.75, 3.05) is 40.9 Å². The molecule has 2 N–H and O–H groups in total. The summed E-state index contributed by atoms with van der Waals surface area (Å²) in [5.74, 6) is -0.492. The zero-order valence-electron chi connectivity index (χ0n) is 42.6. The number of nitrogens with zero attached hydrogens (tertiary/aromatic N) is 1. The van der Waals surface area contributed by atoms with Crippen molar-refractivity contribution in [1.82, 2.24) is 5.32 Å². The number of unbranched alkanes of at least 4 members (excludes halogenated alkanes) is 33. The van der Waals surface area contributed by atoms with Crippen LogP contribution >= 0.6 is 7.82 Å². The molecule has 3 unspecified atom stereocenters. The van der Waals surface area contributed by atoms with E-state index in [0.717, 1.165) is 57.8 Å². The van der Waals surface area contributed by atoms with Gasteiger partial charge in [-0.25, -0.2) is 4.57 Å². The number of hydrogen-bond donors (Lipinski definition) is 2. The number of quaternary nitrogens is 1. The Balaban J connectivity index is 5.36. The van der Waals surface area contributed by atoms with Crippen molar-refractivity contribution in [1.29, 1.82) is 0 Å². The highest BCUT2D eigenvalue weighted by molar-refractivity contribution is 7.47. The predicted octanol–water partition coefficient (Wildman–Crippen LogP) is 15.7. The molecule has 0 aliphatic carbocycles. The second-order valence-electron chi connectivity index (χ2n) is 19.8. The van der Waals surface area contributed by atoms with Gasteiger partial charge in [-0.15, -0.1) is 0 Å². The lowest BCUT2D eigenvalue weighted by Gasteiger charge is -2.27. The summed E-state index contributed by atoms with van der Waals surface area (Å²) < 4.78 is 30.5. The third kappa shape index (κ3) is 45.7. The van der Waals surface area contributed by atoms with Crippen molar-refractivity contribution in [3.05, 3.63) is 12.2 Å². The maximum atomic E-state index is 13.4. The third-order valence-electron chi connectivity index (χ3n) is 12.2. The SMILES string of the molecule is CCCCCCCCCCC/C=C/C(OC(=O)CCCCCCCCCCCCCCC)C(COP(=O)(O)OCC[N+](C)(C)C)NC(=O)CCCCCCCCCCCCCCC. The number of phosphoric acid groups is 1. The normalized spacial score (nSPS) is 14.0. The number of phosphoric ester groups is 1. The number of likely N-dealkylation sites (N-methyl/N-ethyl adjacent to an activating group) is 1. The van der Waals surface area contributed by atoms with Crippen LogP contribution in [-0.2, 0) is 27.9 Å². The molecule has 0 saturated heterocycles. The molecule has 3 atom stereocenters. The van der Waals surface area contributed by atoms with Crippen LogP contribution in [-0.4, -0.2) is 74.3 Å². The van der Waals surface area contributed by atoms with Gasteiger partial charge in [0.15, 0.2) is 0 Å². The third-order valence-corrected chi connectivity index (χ3v) is 13.2. The average molecular weight is 914 g/mol. The van der Waals surface area contributed by atoms with Crippen LogP contribution < -0.4 is 5.32 Å².